The molecule has 1 saturated heterocycles. The van der Waals surface area contributed by atoms with Crippen molar-refractivity contribution in [2.45, 2.75) is 91.8 Å². The van der Waals surface area contributed by atoms with Crippen LogP contribution >= 0.6 is 0 Å². The Morgan fingerprint density at radius 2 is 0.984 bits per heavy atom. The molecule has 3 amide bonds. The molecule has 1 aromatic rings. The maximum absolute atomic E-state index is 13.6. The molecule has 1 aliphatic heterocycles. The normalized spacial score (nSPS) is 16.4. The van der Waals surface area contributed by atoms with E-state index in [-0.39, 0.29) is 72.1 Å². The van der Waals surface area contributed by atoms with Crippen molar-refractivity contribution in [3.05, 3.63) is 35.9 Å². The zero-order valence-electron chi connectivity index (χ0n) is 37.8. The van der Waals surface area contributed by atoms with E-state index in [4.69, 9.17) is 18.9 Å². The van der Waals surface area contributed by atoms with Gasteiger partial charge in [-0.25, -0.2) is 4.79 Å². The summed E-state index contributed by atoms with van der Waals surface area (Å²) >= 11 is 0. The lowest BCUT2D eigenvalue weighted by molar-refractivity contribution is -0.158. The molecule has 1 atom stereocenters. The average Bonchev–Trinajstić information content (AvgIpc) is 3.10. The quantitative estimate of drug-likeness (QED) is 0.0726. The lowest BCUT2D eigenvalue weighted by atomic mass is 10.2. The lowest BCUT2D eigenvalue weighted by Crippen LogP contribution is -2.54. The molecular weight excluding hydrogens is 831 g/mol. The molecule has 0 aromatic heterocycles. The summed E-state index contributed by atoms with van der Waals surface area (Å²) in [7, 11) is -4.75. The van der Waals surface area contributed by atoms with E-state index in [1.165, 1.54) is 0 Å². The summed E-state index contributed by atoms with van der Waals surface area (Å²) in [5.41, 5.74) is -1.43. The summed E-state index contributed by atoms with van der Waals surface area (Å²) in [6.45, 7) is 17.2. The predicted octanol–water partition coefficient (Wildman–Crippen LogP) is 0.648. The smallest absolute Gasteiger partial charge is 0.407 e. The van der Waals surface area contributed by atoms with Crippen molar-refractivity contribution in [2.24, 2.45) is 0 Å². The first-order valence-electron chi connectivity index (χ1n) is 20.7. The van der Waals surface area contributed by atoms with E-state index in [9.17, 15) is 41.7 Å². The first-order chi connectivity index (χ1) is 28.6. The summed E-state index contributed by atoms with van der Waals surface area (Å²) in [6, 6.07) is 7.28. The predicted molar refractivity (Wildman–Crippen MR) is 229 cm³/mol. The topological polar surface area (TPSA) is 243 Å². The molecule has 0 saturated carbocycles. The Labute approximate surface area is 366 Å². The van der Waals surface area contributed by atoms with Crippen LogP contribution in [0.4, 0.5) is 4.79 Å². The molecule has 2 rings (SSSR count). The summed E-state index contributed by atoms with van der Waals surface area (Å²) in [4.78, 5) is 85.1. The summed E-state index contributed by atoms with van der Waals surface area (Å²) in [5.74, 6) is -4.18. The highest BCUT2D eigenvalue weighted by molar-refractivity contribution is 7.85. The van der Waals surface area contributed by atoms with Crippen LogP contribution in [0.2, 0.25) is 0 Å². The molecule has 4 N–H and O–H groups in total. The molecule has 0 spiro atoms. The minimum Gasteiger partial charge on any atom is -0.459 e. The van der Waals surface area contributed by atoms with Gasteiger partial charge in [0.2, 0.25) is 11.8 Å². The van der Waals surface area contributed by atoms with Gasteiger partial charge in [-0.05, 0) is 67.9 Å². The summed E-state index contributed by atoms with van der Waals surface area (Å²) in [5, 5.41) is 7.32. The fourth-order valence-corrected chi connectivity index (χ4v) is 6.62. The minimum atomic E-state index is -4.75. The number of esters is 3. The molecule has 0 radical (unpaired) electrons. The van der Waals surface area contributed by atoms with Crippen LogP contribution in [0.15, 0.2) is 30.3 Å². The van der Waals surface area contributed by atoms with Gasteiger partial charge in [-0.3, -0.25) is 48.1 Å². The highest BCUT2D eigenvalue weighted by Crippen LogP contribution is 2.12. The first kappa shape index (κ1) is 53.7. The van der Waals surface area contributed by atoms with Gasteiger partial charge in [0.25, 0.3) is 10.1 Å². The maximum Gasteiger partial charge on any atom is 0.407 e. The van der Waals surface area contributed by atoms with Gasteiger partial charge < -0.3 is 34.9 Å². The Kier molecular flexibility index (Phi) is 21.7. The van der Waals surface area contributed by atoms with E-state index >= 15 is 0 Å². The Morgan fingerprint density at radius 1 is 0.613 bits per heavy atom. The van der Waals surface area contributed by atoms with Gasteiger partial charge >= 0.3 is 24.0 Å². The molecule has 0 bridgehead atoms. The maximum atomic E-state index is 13.6. The van der Waals surface area contributed by atoms with Crippen molar-refractivity contribution in [2.75, 3.05) is 97.4 Å². The Balaban J connectivity index is 2.24. The molecule has 62 heavy (non-hydrogen) atoms. The van der Waals surface area contributed by atoms with Crippen LogP contribution in [0.1, 0.15) is 67.9 Å². The molecular formula is C41H69N7O13S. The highest BCUT2D eigenvalue weighted by Gasteiger charge is 2.29. The minimum absolute atomic E-state index is 0.0243. The number of amides is 3. The van der Waals surface area contributed by atoms with E-state index in [1.807, 2.05) is 20.8 Å². The molecule has 1 fully saturated rings. The van der Waals surface area contributed by atoms with Gasteiger partial charge in [0.1, 0.15) is 35.2 Å². The molecule has 20 nitrogen and oxygen atoms in total. The van der Waals surface area contributed by atoms with Gasteiger partial charge in [0, 0.05) is 65.4 Å². The van der Waals surface area contributed by atoms with Crippen LogP contribution < -0.4 is 16.0 Å². The number of hydrogen-bond donors (Lipinski definition) is 4. The number of carbonyl (C=O) groups is 6. The van der Waals surface area contributed by atoms with Crippen molar-refractivity contribution in [1.82, 2.24) is 35.6 Å². The van der Waals surface area contributed by atoms with Gasteiger partial charge in [-0.1, -0.05) is 30.3 Å². The molecule has 0 unspecified atom stereocenters. The summed E-state index contributed by atoms with van der Waals surface area (Å²) < 4.78 is 55.4. The number of rotatable bonds is 17. The van der Waals surface area contributed by atoms with Crippen molar-refractivity contribution in [3.8, 4) is 0 Å². The zero-order chi connectivity index (χ0) is 46.7. The number of alkyl carbamates (subject to hydrolysis) is 1. The monoisotopic (exact) mass is 899 g/mol. The van der Waals surface area contributed by atoms with E-state index < -0.39 is 74.5 Å². The molecule has 1 heterocycles. The third kappa shape index (κ3) is 26.2. The SMILES string of the molecule is CC(C)(C)OC(=O)CN1CCN(CC(=O)N[C@@H](CS(=O)(=O)O)C(=O)NCCNC(=O)OCc2ccccc2)CCN(CC(=O)OC(C)(C)C)CCN(CC(=O)OC(C)(C)C)CC1. The van der Waals surface area contributed by atoms with Crippen LogP contribution in [0.5, 0.6) is 0 Å². The molecule has 0 aliphatic carbocycles. The van der Waals surface area contributed by atoms with Crippen LogP contribution in [0.3, 0.4) is 0 Å². The highest BCUT2D eigenvalue weighted by atomic mass is 32.2. The Hall–Kier alpha value is -4.41. The second-order valence-corrected chi connectivity index (χ2v) is 19.5. The largest absolute Gasteiger partial charge is 0.459 e. The van der Waals surface area contributed by atoms with Gasteiger partial charge in [-0.15, -0.1) is 0 Å². The van der Waals surface area contributed by atoms with Crippen molar-refractivity contribution < 1.29 is 60.7 Å². The molecule has 21 heteroatoms. The number of hydrogen-bond acceptors (Lipinski definition) is 16. The van der Waals surface area contributed by atoms with Gasteiger partial charge in [-0.2, -0.15) is 8.42 Å². The number of carbonyl (C=O) groups excluding carboxylic acids is 6. The lowest BCUT2D eigenvalue weighted by Gasteiger charge is -2.34. The number of ether oxygens (including phenoxy) is 4. The van der Waals surface area contributed by atoms with E-state index in [1.54, 1.807) is 91.5 Å². The van der Waals surface area contributed by atoms with E-state index in [0.717, 1.165) is 5.56 Å². The zero-order valence-corrected chi connectivity index (χ0v) is 38.6. The summed E-state index contributed by atoms with van der Waals surface area (Å²) in [6.07, 6.45) is -0.746. The standard InChI is InChI=1S/C41H69N7O13S/c1-39(2,3)59-34(50)26-46-19-17-45(18-20-47(27-35(51)60-40(4,5)6)22-24-48(23-21-46)28-36(52)61-41(7,8)9)25-33(49)44-32(30-62(55,56)57)37(53)42-15-16-43-38(54)58-29-31-13-11-10-12-14-31/h10-14,32H,15-30H2,1-9H3,(H,42,53)(H,43,54)(H,44,49)(H,55,56,57)/t32-/m0/s1. The first-order valence-corrected chi connectivity index (χ1v) is 22.3. The van der Waals surface area contributed by atoms with E-state index in [2.05, 4.69) is 16.0 Å². The third-order valence-corrected chi connectivity index (χ3v) is 9.31. The van der Waals surface area contributed by atoms with Crippen LogP contribution in [-0.2, 0) is 59.6 Å². The Morgan fingerprint density at radius 3 is 1.35 bits per heavy atom. The average molecular weight is 900 g/mol. The van der Waals surface area contributed by atoms with Crippen molar-refractivity contribution in [1.29, 1.82) is 0 Å². The fourth-order valence-electron chi connectivity index (χ4n) is 5.96. The second kappa shape index (κ2) is 25.0. The fraction of sp³-hybridized carbons (Fsp3) is 0.707. The number of benzene rings is 1. The van der Waals surface area contributed by atoms with Crippen LogP contribution in [0.25, 0.3) is 0 Å². The number of nitrogens with one attached hydrogen (secondary N) is 3. The van der Waals surface area contributed by atoms with Crippen molar-refractivity contribution in [3.63, 3.8) is 0 Å². The third-order valence-electron chi connectivity index (χ3n) is 8.55. The molecule has 1 aliphatic rings. The molecule has 352 valence electrons. The van der Waals surface area contributed by atoms with E-state index in [0.29, 0.717) is 26.2 Å². The molecule has 1 aromatic carbocycles. The van der Waals surface area contributed by atoms with Gasteiger partial charge in [0.05, 0.1) is 26.2 Å². The number of nitrogens with zero attached hydrogens (tertiary/aromatic N) is 4. The Bertz CT molecular complexity index is 1680. The second-order valence-electron chi connectivity index (χ2n) is 18.0. The van der Waals surface area contributed by atoms with Crippen LogP contribution in [0, 0.1) is 0 Å². The van der Waals surface area contributed by atoms with Crippen LogP contribution in [-0.4, -0.2) is 189 Å². The van der Waals surface area contributed by atoms with Gasteiger partial charge in [0.15, 0.2) is 0 Å². The van der Waals surface area contributed by atoms with Crippen molar-refractivity contribution >= 4 is 45.9 Å².